The second-order valence-corrected chi connectivity index (χ2v) is 9.80. The van der Waals surface area contributed by atoms with Crippen molar-refractivity contribution in [2.24, 2.45) is 5.10 Å². The summed E-state index contributed by atoms with van der Waals surface area (Å²) in [6.07, 6.45) is 2.04. The molecule has 3 aromatic rings. The van der Waals surface area contributed by atoms with Crippen LogP contribution in [-0.2, 0) is 9.53 Å². The Morgan fingerprint density at radius 1 is 1.05 bits per heavy atom. The van der Waals surface area contributed by atoms with Gasteiger partial charge in [-0.1, -0.05) is 29.8 Å². The molecule has 5 rings (SSSR count). The van der Waals surface area contributed by atoms with Crippen molar-refractivity contribution in [1.29, 1.82) is 0 Å². The molecule has 0 spiro atoms. The van der Waals surface area contributed by atoms with E-state index in [2.05, 4.69) is 4.90 Å². The van der Waals surface area contributed by atoms with Crippen LogP contribution in [0.15, 0.2) is 76.4 Å². The number of nitrogens with zero attached hydrogens (tertiary/aromatic N) is 4. The first-order chi connectivity index (χ1) is 19.0. The molecule has 0 N–H and O–H groups in total. The van der Waals surface area contributed by atoms with E-state index in [1.54, 1.807) is 29.2 Å². The second kappa shape index (κ2) is 12.3. The van der Waals surface area contributed by atoms with Gasteiger partial charge in [-0.2, -0.15) is 5.10 Å². The minimum Gasteiger partial charge on any atom is -0.497 e. The van der Waals surface area contributed by atoms with Gasteiger partial charge in [-0.3, -0.25) is 14.5 Å². The number of carbonyl (C=O) groups is 2. The Balaban J connectivity index is 1.39. The topological polar surface area (TPSA) is 87.8 Å². The molecule has 0 aliphatic carbocycles. The van der Waals surface area contributed by atoms with Gasteiger partial charge < -0.3 is 18.8 Å². The average Bonchev–Trinajstić information content (AvgIpc) is 3.67. The van der Waals surface area contributed by atoms with E-state index in [0.29, 0.717) is 32.7 Å². The van der Waals surface area contributed by atoms with Crippen molar-refractivity contribution in [3.8, 4) is 5.75 Å². The third kappa shape index (κ3) is 6.38. The minimum absolute atomic E-state index is 0.106. The predicted octanol–water partition coefficient (Wildman–Crippen LogP) is 3.75. The van der Waals surface area contributed by atoms with Gasteiger partial charge in [-0.05, 0) is 54.4 Å². The summed E-state index contributed by atoms with van der Waals surface area (Å²) in [7, 11) is 1.63. The molecule has 2 amide bonds. The van der Waals surface area contributed by atoms with E-state index in [1.807, 2.05) is 55.5 Å². The number of hydrogen-bond donors (Lipinski definition) is 0. The van der Waals surface area contributed by atoms with Crippen molar-refractivity contribution in [2.75, 3.05) is 53.0 Å². The molecule has 2 aliphatic rings. The van der Waals surface area contributed by atoms with Crippen LogP contribution < -0.4 is 4.74 Å². The van der Waals surface area contributed by atoms with Gasteiger partial charge in [-0.25, -0.2) is 5.01 Å². The monoisotopic (exact) mass is 530 g/mol. The number of furan rings is 1. The summed E-state index contributed by atoms with van der Waals surface area (Å²) < 4.78 is 16.1. The van der Waals surface area contributed by atoms with E-state index in [4.69, 9.17) is 19.0 Å². The van der Waals surface area contributed by atoms with Crippen LogP contribution in [0.2, 0.25) is 0 Å². The fraction of sp³-hybridized carbons (Fsp3) is 0.367. The molecule has 2 aromatic carbocycles. The molecular formula is C30H34N4O5. The number of aryl methyl sites for hydroxylation is 1. The van der Waals surface area contributed by atoms with Crippen molar-refractivity contribution in [3.63, 3.8) is 0 Å². The summed E-state index contributed by atoms with van der Waals surface area (Å²) in [6.45, 7) is 5.90. The molecule has 0 saturated carbocycles. The Morgan fingerprint density at radius 3 is 2.46 bits per heavy atom. The standard InChI is InChI=1S/C30H34N4O5/c1-22-5-7-24(8-6-22)27-20-26(23-9-11-25(37-2)12-10-23)31-34(27)29(35)21-33(30(36)28-4-3-17-39-28)14-13-32-15-18-38-19-16-32/h3-12,17,27H,13-16,18-21H2,1-2H3/t27-/m0/s1. The highest BCUT2D eigenvalue weighted by Gasteiger charge is 2.35. The van der Waals surface area contributed by atoms with Crippen LogP contribution in [0.25, 0.3) is 0 Å². The average molecular weight is 531 g/mol. The smallest absolute Gasteiger partial charge is 0.290 e. The van der Waals surface area contributed by atoms with Gasteiger partial charge in [0, 0.05) is 32.6 Å². The first-order valence-corrected chi connectivity index (χ1v) is 13.3. The number of carbonyl (C=O) groups excluding carboxylic acids is 2. The number of amides is 2. The first kappa shape index (κ1) is 26.6. The first-order valence-electron chi connectivity index (χ1n) is 13.3. The van der Waals surface area contributed by atoms with Crippen molar-refractivity contribution in [1.82, 2.24) is 14.8 Å². The third-order valence-corrected chi connectivity index (χ3v) is 7.19. The van der Waals surface area contributed by atoms with Crippen molar-refractivity contribution in [3.05, 3.63) is 89.4 Å². The fourth-order valence-corrected chi connectivity index (χ4v) is 4.88. The quantitative estimate of drug-likeness (QED) is 0.419. The Labute approximate surface area is 228 Å². The molecule has 1 saturated heterocycles. The van der Waals surface area contributed by atoms with Crippen molar-refractivity contribution >= 4 is 17.5 Å². The van der Waals surface area contributed by atoms with Crippen LogP contribution in [-0.4, -0.2) is 85.4 Å². The minimum atomic E-state index is -0.313. The highest BCUT2D eigenvalue weighted by atomic mass is 16.5. The highest BCUT2D eigenvalue weighted by Crippen LogP contribution is 2.33. The van der Waals surface area contributed by atoms with Crippen molar-refractivity contribution < 1.29 is 23.5 Å². The van der Waals surface area contributed by atoms with Crippen LogP contribution in [0, 0.1) is 6.92 Å². The Hall–Kier alpha value is -3.95. The number of ether oxygens (including phenoxy) is 2. The predicted molar refractivity (Wildman–Crippen MR) is 147 cm³/mol. The van der Waals surface area contributed by atoms with Gasteiger partial charge >= 0.3 is 0 Å². The maximum absolute atomic E-state index is 13.8. The van der Waals surface area contributed by atoms with E-state index in [-0.39, 0.29) is 30.2 Å². The number of benzene rings is 2. The molecule has 0 bridgehead atoms. The molecule has 0 radical (unpaired) electrons. The summed E-state index contributed by atoms with van der Waals surface area (Å²) in [4.78, 5) is 31.0. The van der Waals surface area contributed by atoms with E-state index in [9.17, 15) is 9.59 Å². The van der Waals surface area contributed by atoms with Crippen LogP contribution in [0.1, 0.15) is 39.7 Å². The van der Waals surface area contributed by atoms with Gasteiger partial charge in [0.1, 0.15) is 12.3 Å². The molecule has 0 unspecified atom stereocenters. The zero-order valence-corrected chi connectivity index (χ0v) is 22.4. The highest BCUT2D eigenvalue weighted by molar-refractivity contribution is 6.03. The molecule has 2 aliphatic heterocycles. The Bertz CT molecular complexity index is 1280. The van der Waals surface area contributed by atoms with Gasteiger partial charge in [0.05, 0.1) is 38.3 Å². The van der Waals surface area contributed by atoms with E-state index >= 15 is 0 Å². The van der Waals surface area contributed by atoms with Crippen LogP contribution in [0.3, 0.4) is 0 Å². The van der Waals surface area contributed by atoms with Gasteiger partial charge in [-0.15, -0.1) is 0 Å². The molecule has 1 aromatic heterocycles. The Kier molecular flexibility index (Phi) is 8.39. The number of hydrazone groups is 1. The van der Waals surface area contributed by atoms with Crippen LogP contribution >= 0.6 is 0 Å². The maximum atomic E-state index is 13.8. The summed E-state index contributed by atoms with van der Waals surface area (Å²) in [5.74, 6) is 0.412. The molecule has 9 heteroatoms. The normalized spacial score (nSPS) is 17.6. The summed E-state index contributed by atoms with van der Waals surface area (Å²) in [5, 5.41) is 6.33. The molecule has 1 fully saturated rings. The number of methoxy groups -OCH3 is 1. The maximum Gasteiger partial charge on any atom is 0.290 e. The van der Waals surface area contributed by atoms with E-state index < -0.39 is 0 Å². The number of morpholine rings is 1. The zero-order chi connectivity index (χ0) is 27.2. The van der Waals surface area contributed by atoms with Gasteiger partial charge in [0.2, 0.25) is 0 Å². The Morgan fingerprint density at radius 2 is 1.79 bits per heavy atom. The molecule has 39 heavy (non-hydrogen) atoms. The molecule has 204 valence electrons. The van der Waals surface area contributed by atoms with E-state index in [1.165, 1.54) is 6.26 Å². The lowest BCUT2D eigenvalue weighted by Gasteiger charge is -2.30. The van der Waals surface area contributed by atoms with E-state index in [0.717, 1.165) is 41.2 Å². The SMILES string of the molecule is COc1ccc(C2=NN(C(=O)CN(CCN3CCOCC3)C(=O)c3ccco3)[C@H](c3ccc(C)cc3)C2)cc1. The van der Waals surface area contributed by atoms with Crippen LogP contribution in [0.4, 0.5) is 0 Å². The summed E-state index contributed by atoms with van der Waals surface area (Å²) in [5.41, 5.74) is 3.88. The molecule has 9 nitrogen and oxygen atoms in total. The van der Waals surface area contributed by atoms with Crippen LogP contribution in [0.5, 0.6) is 5.75 Å². The number of rotatable bonds is 9. The number of hydrogen-bond acceptors (Lipinski definition) is 7. The summed E-state index contributed by atoms with van der Waals surface area (Å²) >= 11 is 0. The zero-order valence-electron chi connectivity index (χ0n) is 22.4. The third-order valence-electron chi connectivity index (χ3n) is 7.19. The lowest BCUT2D eigenvalue weighted by molar-refractivity contribution is -0.133. The molecule has 1 atom stereocenters. The van der Waals surface area contributed by atoms with Gasteiger partial charge in [0.15, 0.2) is 5.76 Å². The molecule has 3 heterocycles. The lowest BCUT2D eigenvalue weighted by Crippen LogP contribution is -2.46. The summed E-state index contributed by atoms with van der Waals surface area (Å²) in [6, 6.07) is 18.9. The van der Waals surface area contributed by atoms with Gasteiger partial charge in [0.25, 0.3) is 11.8 Å². The van der Waals surface area contributed by atoms with Crippen molar-refractivity contribution in [2.45, 2.75) is 19.4 Å². The second-order valence-electron chi connectivity index (χ2n) is 9.80. The fourth-order valence-electron chi connectivity index (χ4n) is 4.88. The lowest BCUT2D eigenvalue weighted by atomic mass is 9.97. The molecular weight excluding hydrogens is 496 g/mol. The largest absolute Gasteiger partial charge is 0.497 e.